The Morgan fingerprint density at radius 1 is 1.19 bits per heavy atom. The molecule has 1 N–H and O–H groups in total. The van der Waals surface area contributed by atoms with Crippen molar-refractivity contribution in [1.29, 1.82) is 0 Å². The zero-order valence-electron chi connectivity index (χ0n) is 18.7. The molecule has 0 amide bonds. The summed E-state index contributed by atoms with van der Waals surface area (Å²) in [6, 6.07) is 8.49. The summed E-state index contributed by atoms with van der Waals surface area (Å²) in [5.41, 5.74) is 2.39. The Labute approximate surface area is 202 Å². The molecule has 31 heavy (non-hydrogen) atoms. The van der Waals surface area contributed by atoms with E-state index in [0.29, 0.717) is 25.9 Å². The van der Waals surface area contributed by atoms with E-state index in [0.717, 1.165) is 57.9 Å². The molecule has 0 bridgehead atoms. The average Bonchev–Trinajstić information content (AvgIpc) is 2.80. The molecule has 0 spiro atoms. The van der Waals surface area contributed by atoms with Gasteiger partial charge in [-0.1, -0.05) is 24.3 Å². The van der Waals surface area contributed by atoms with Crippen LogP contribution in [0.15, 0.2) is 29.3 Å². The van der Waals surface area contributed by atoms with Gasteiger partial charge in [-0.15, -0.1) is 24.0 Å². The third-order valence-electron chi connectivity index (χ3n) is 5.72. The number of carbonyl (C=O) groups excluding carboxylic acids is 1. The van der Waals surface area contributed by atoms with Gasteiger partial charge in [-0.3, -0.25) is 9.79 Å². The summed E-state index contributed by atoms with van der Waals surface area (Å²) < 4.78 is 16.6. The molecule has 0 atom stereocenters. The predicted molar refractivity (Wildman–Crippen MR) is 132 cm³/mol. The van der Waals surface area contributed by atoms with Crippen molar-refractivity contribution < 1.29 is 19.0 Å². The highest BCUT2D eigenvalue weighted by molar-refractivity contribution is 14.0. The second-order valence-electron chi connectivity index (χ2n) is 7.86. The molecule has 2 heterocycles. The van der Waals surface area contributed by atoms with E-state index in [2.05, 4.69) is 39.5 Å². The molecule has 174 valence electrons. The number of benzene rings is 1. The molecule has 0 aromatic heterocycles. The maximum atomic E-state index is 11.9. The summed E-state index contributed by atoms with van der Waals surface area (Å²) in [5.74, 6) is 0.813. The van der Waals surface area contributed by atoms with E-state index >= 15 is 0 Å². The first-order valence-electron chi connectivity index (χ1n) is 11.1. The fourth-order valence-corrected chi connectivity index (χ4v) is 3.99. The number of piperidine rings is 1. The van der Waals surface area contributed by atoms with Gasteiger partial charge in [0.1, 0.15) is 0 Å². The van der Waals surface area contributed by atoms with Crippen LogP contribution in [0, 0.1) is 5.92 Å². The summed E-state index contributed by atoms with van der Waals surface area (Å²) in [7, 11) is 1.80. The van der Waals surface area contributed by atoms with Gasteiger partial charge < -0.3 is 24.4 Å². The van der Waals surface area contributed by atoms with E-state index in [4.69, 9.17) is 14.2 Å². The van der Waals surface area contributed by atoms with Crippen molar-refractivity contribution in [2.24, 2.45) is 10.9 Å². The van der Waals surface area contributed by atoms with Gasteiger partial charge in [-0.25, -0.2) is 0 Å². The highest BCUT2D eigenvalue weighted by atomic mass is 127. The minimum atomic E-state index is -0.0696. The van der Waals surface area contributed by atoms with Crippen LogP contribution in [-0.4, -0.2) is 62.9 Å². The standard InChI is InChI=1S/C23H35N3O4.HI/c1-3-29-22(27)20-7-11-26(12-8-20)23(24-2)25-16-18-5-4-6-19(15-18)17-30-21-9-13-28-14-10-21;/h4-6,15,20-21H,3,7-14,16-17H2,1-2H3,(H,24,25);1H. The van der Waals surface area contributed by atoms with Gasteiger partial charge in [0.15, 0.2) is 5.96 Å². The van der Waals surface area contributed by atoms with Gasteiger partial charge in [0.2, 0.25) is 0 Å². The minimum absolute atomic E-state index is 0. The van der Waals surface area contributed by atoms with E-state index in [-0.39, 0.29) is 35.9 Å². The van der Waals surface area contributed by atoms with Gasteiger partial charge in [0.25, 0.3) is 0 Å². The van der Waals surface area contributed by atoms with Gasteiger partial charge in [-0.2, -0.15) is 0 Å². The zero-order valence-corrected chi connectivity index (χ0v) is 21.0. The summed E-state index contributed by atoms with van der Waals surface area (Å²) in [4.78, 5) is 18.6. The Kier molecular flexibility index (Phi) is 11.6. The zero-order chi connectivity index (χ0) is 21.2. The van der Waals surface area contributed by atoms with Crippen molar-refractivity contribution in [3.63, 3.8) is 0 Å². The predicted octanol–water partition coefficient (Wildman–Crippen LogP) is 3.35. The Bertz CT molecular complexity index is 702. The highest BCUT2D eigenvalue weighted by Crippen LogP contribution is 2.19. The molecule has 1 aromatic rings. The molecule has 3 rings (SSSR count). The molecular weight excluding hydrogens is 509 g/mol. The molecule has 7 nitrogen and oxygen atoms in total. The fraction of sp³-hybridized carbons (Fsp3) is 0.652. The van der Waals surface area contributed by atoms with Gasteiger partial charge in [0.05, 0.1) is 25.2 Å². The van der Waals surface area contributed by atoms with Crippen molar-refractivity contribution in [3.05, 3.63) is 35.4 Å². The van der Waals surface area contributed by atoms with Crippen molar-refractivity contribution in [2.45, 2.75) is 51.9 Å². The first kappa shape index (κ1) is 25.9. The van der Waals surface area contributed by atoms with Crippen molar-refractivity contribution in [1.82, 2.24) is 10.2 Å². The lowest BCUT2D eigenvalue weighted by Gasteiger charge is -2.33. The fourth-order valence-electron chi connectivity index (χ4n) is 3.99. The number of carbonyl (C=O) groups is 1. The first-order valence-corrected chi connectivity index (χ1v) is 11.1. The Hall–Kier alpha value is -1.39. The quantitative estimate of drug-likeness (QED) is 0.245. The van der Waals surface area contributed by atoms with Gasteiger partial charge in [0, 0.05) is 39.9 Å². The molecule has 2 aliphatic rings. The van der Waals surface area contributed by atoms with Crippen LogP contribution >= 0.6 is 24.0 Å². The van der Waals surface area contributed by atoms with Crippen LogP contribution in [0.5, 0.6) is 0 Å². The number of likely N-dealkylation sites (tertiary alicyclic amines) is 1. The van der Waals surface area contributed by atoms with Crippen molar-refractivity contribution in [3.8, 4) is 0 Å². The molecule has 0 saturated carbocycles. The van der Waals surface area contributed by atoms with E-state index in [1.165, 1.54) is 11.1 Å². The van der Waals surface area contributed by atoms with E-state index in [1.807, 2.05) is 6.92 Å². The summed E-state index contributed by atoms with van der Waals surface area (Å²) in [6.07, 6.45) is 3.86. The second-order valence-corrected chi connectivity index (χ2v) is 7.86. The lowest BCUT2D eigenvalue weighted by atomic mass is 9.97. The average molecular weight is 545 g/mol. The second kappa shape index (κ2) is 13.9. The maximum absolute atomic E-state index is 11.9. The van der Waals surface area contributed by atoms with Crippen LogP contribution in [0.25, 0.3) is 0 Å². The Balaban J connectivity index is 0.00000341. The normalized spacial score (nSPS) is 18.4. The largest absolute Gasteiger partial charge is 0.466 e. The smallest absolute Gasteiger partial charge is 0.309 e. The monoisotopic (exact) mass is 545 g/mol. The van der Waals surface area contributed by atoms with Gasteiger partial charge >= 0.3 is 5.97 Å². The van der Waals surface area contributed by atoms with E-state index in [9.17, 15) is 4.79 Å². The van der Waals surface area contributed by atoms with Crippen LogP contribution in [0.4, 0.5) is 0 Å². The molecule has 2 fully saturated rings. The van der Waals surface area contributed by atoms with Crippen LogP contribution in [-0.2, 0) is 32.2 Å². The SMILES string of the molecule is CCOC(=O)C1CCN(C(=NC)NCc2cccc(COC3CCOCC3)c2)CC1.I. The molecular formula is C23H36IN3O4. The lowest BCUT2D eigenvalue weighted by molar-refractivity contribution is -0.149. The number of nitrogens with one attached hydrogen (secondary N) is 1. The minimum Gasteiger partial charge on any atom is -0.466 e. The Morgan fingerprint density at radius 2 is 1.90 bits per heavy atom. The number of guanidine groups is 1. The molecule has 0 unspecified atom stereocenters. The number of ether oxygens (including phenoxy) is 3. The highest BCUT2D eigenvalue weighted by Gasteiger charge is 2.27. The Morgan fingerprint density at radius 3 is 2.58 bits per heavy atom. The molecule has 8 heteroatoms. The molecule has 2 saturated heterocycles. The van der Waals surface area contributed by atoms with Crippen LogP contribution in [0.3, 0.4) is 0 Å². The molecule has 0 aliphatic carbocycles. The number of nitrogens with zero attached hydrogens (tertiary/aromatic N) is 2. The van der Waals surface area contributed by atoms with E-state index in [1.54, 1.807) is 7.05 Å². The molecule has 2 aliphatic heterocycles. The van der Waals surface area contributed by atoms with E-state index < -0.39 is 0 Å². The number of rotatable bonds is 7. The summed E-state index contributed by atoms with van der Waals surface area (Å²) in [5, 5.41) is 3.46. The van der Waals surface area contributed by atoms with Crippen LogP contribution in [0.2, 0.25) is 0 Å². The topological polar surface area (TPSA) is 72.4 Å². The molecule has 0 radical (unpaired) electrons. The van der Waals surface area contributed by atoms with Crippen molar-refractivity contribution in [2.75, 3.05) is 40.0 Å². The molecule has 1 aromatic carbocycles. The number of halogens is 1. The number of hydrogen-bond donors (Lipinski definition) is 1. The van der Waals surface area contributed by atoms with Crippen LogP contribution in [0.1, 0.15) is 43.7 Å². The third-order valence-corrected chi connectivity index (χ3v) is 5.72. The maximum Gasteiger partial charge on any atom is 0.309 e. The van der Waals surface area contributed by atoms with Gasteiger partial charge in [-0.05, 0) is 43.7 Å². The number of hydrogen-bond acceptors (Lipinski definition) is 5. The lowest BCUT2D eigenvalue weighted by Crippen LogP contribution is -2.46. The first-order chi connectivity index (χ1) is 14.7. The number of aliphatic imine (C=N–C) groups is 1. The summed E-state index contributed by atoms with van der Waals surface area (Å²) >= 11 is 0. The summed E-state index contributed by atoms with van der Waals surface area (Å²) in [6.45, 7) is 6.84. The van der Waals surface area contributed by atoms with Crippen molar-refractivity contribution >= 4 is 35.9 Å². The van der Waals surface area contributed by atoms with Crippen LogP contribution < -0.4 is 5.32 Å². The number of esters is 1. The third kappa shape index (κ3) is 8.23.